The molecule has 2 rings (SSSR count). The van der Waals surface area contributed by atoms with Gasteiger partial charge in [-0.25, -0.2) is 4.79 Å². The molecule has 0 bridgehead atoms. The second-order valence-electron chi connectivity index (χ2n) is 5.02. The molecule has 1 aromatic rings. The predicted octanol–water partition coefficient (Wildman–Crippen LogP) is 1.80. The van der Waals surface area contributed by atoms with Gasteiger partial charge in [-0.2, -0.15) is 0 Å². The van der Waals surface area contributed by atoms with Crippen LogP contribution in [0.15, 0.2) is 18.2 Å². The van der Waals surface area contributed by atoms with Crippen LogP contribution in [0.4, 0.5) is 11.4 Å². The Kier molecular flexibility index (Phi) is 4.19. The minimum absolute atomic E-state index is 0.265. The number of anilines is 1. The SMILES string of the molecule is CN1CCC(Nc2ccc(C(=O)O)c([N+](=O)[O-])c2)CC1. The van der Waals surface area contributed by atoms with Gasteiger partial charge in [-0.05, 0) is 45.1 Å². The third-order valence-electron chi connectivity index (χ3n) is 3.51. The Morgan fingerprint density at radius 1 is 1.45 bits per heavy atom. The van der Waals surface area contributed by atoms with Gasteiger partial charge in [0.25, 0.3) is 5.69 Å². The number of aromatic carboxylic acids is 1. The Morgan fingerprint density at radius 2 is 2.10 bits per heavy atom. The molecule has 1 aromatic carbocycles. The molecule has 1 heterocycles. The summed E-state index contributed by atoms with van der Waals surface area (Å²) in [5, 5.41) is 23.1. The summed E-state index contributed by atoms with van der Waals surface area (Å²) in [6.07, 6.45) is 1.93. The van der Waals surface area contributed by atoms with E-state index in [9.17, 15) is 14.9 Å². The van der Waals surface area contributed by atoms with Crippen LogP contribution >= 0.6 is 0 Å². The van der Waals surface area contributed by atoms with Crippen LogP contribution in [0.2, 0.25) is 0 Å². The first kappa shape index (κ1) is 14.3. The van der Waals surface area contributed by atoms with E-state index < -0.39 is 10.9 Å². The molecule has 0 aromatic heterocycles. The highest BCUT2D eigenvalue weighted by molar-refractivity contribution is 5.93. The van der Waals surface area contributed by atoms with Crippen LogP contribution in [0.1, 0.15) is 23.2 Å². The molecule has 7 nitrogen and oxygen atoms in total. The number of nitro benzene ring substituents is 1. The van der Waals surface area contributed by atoms with Gasteiger partial charge in [0.05, 0.1) is 4.92 Å². The molecular formula is C13H17N3O4. The van der Waals surface area contributed by atoms with Gasteiger partial charge in [-0.1, -0.05) is 0 Å². The Balaban J connectivity index is 2.15. The molecule has 0 aliphatic carbocycles. The number of hydrogen-bond acceptors (Lipinski definition) is 5. The molecular weight excluding hydrogens is 262 g/mol. The van der Waals surface area contributed by atoms with Gasteiger partial charge in [0, 0.05) is 17.8 Å². The number of benzene rings is 1. The van der Waals surface area contributed by atoms with Crippen molar-refractivity contribution < 1.29 is 14.8 Å². The summed E-state index contributed by atoms with van der Waals surface area (Å²) in [6, 6.07) is 4.41. The number of nitrogens with zero attached hydrogens (tertiary/aromatic N) is 2. The minimum atomic E-state index is -1.29. The molecule has 0 saturated carbocycles. The van der Waals surface area contributed by atoms with Crippen LogP contribution in [-0.4, -0.2) is 47.1 Å². The lowest BCUT2D eigenvalue weighted by atomic mass is 10.0. The summed E-state index contributed by atoms with van der Waals surface area (Å²) in [7, 11) is 2.06. The topological polar surface area (TPSA) is 95.7 Å². The van der Waals surface area contributed by atoms with E-state index in [0.29, 0.717) is 5.69 Å². The highest BCUT2D eigenvalue weighted by atomic mass is 16.6. The van der Waals surface area contributed by atoms with Gasteiger partial charge in [0.2, 0.25) is 0 Å². The van der Waals surface area contributed by atoms with Gasteiger partial charge >= 0.3 is 5.97 Å². The zero-order valence-corrected chi connectivity index (χ0v) is 11.2. The van der Waals surface area contributed by atoms with Crippen molar-refractivity contribution in [1.29, 1.82) is 0 Å². The van der Waals surface area contributed by atoms with Crippen molar-refractivity contribution >= 4 is 17.3 Å². The summed E-state index contributed by atoms with van der Waals surface area (Å²) >= 11 is 0. The van der Waals surface area contributed by atoms with Gasteiger partial charge in [0.1, 0.15) is 5.56 Å². The molecule has 2 N–H and O–H groups in total. The predicted molar refractivity (Wildman–Crippen MR) is 74.2 cm³/mol. The van der Waals surface area contributed by atoms with Crippen LogP contribution in [0.5, 0.6) is 0 Å². The minimum Gasteiger partial charge on any atom is -0.477 e. The van der Waals surface area contributed by atoms with Crippen molar-refractivity contribution in [3.8, 4) is 0 Å². The molecule has 1 saturated heterocycles. The summed E-state index contributed by atoms with van der Waals surface area (Å²) in [5.41, 5.74) is -0.0735. The van der Waals surface area contributed by atoms with E-state index in [2.05, 4.69) is 17.3 Å². The Morgan fingerprint density at radius 3 is 2.65 bits per heavy atom. The Hall–Kier alpha value is -2.15. The Bertz CT molecular complexity index is 524. The van der Waals surface area contributed by atoms with Crippen molar-refractivity contribution in [2.75, 3.05) is 25.5 Å². The van der Waals surface area contributed by atoms with Crippen molar-refractivity contribution in [2.45, 2.75) is 18.9 Å². The molecule has 0 radical (unpaired) electrons. The highest BCUT2D eigenvalue weighted by Crippen LogP contribution is 2.25. The molecule has 0 atom stereocenters. The average Bonchev–Trinajstić information content (AvgIpc) is 2.41. The fourth-order valence-electron chi connectivity index (χ4n) is 2.34. The number of likely N-dealkylation sites (tertiary alicyclic amines) is 1. The normalized spacial score (nSPS) is 16.9. The lowest BCUT2D eigenvalue weighted by Crippen LogP contribution is -2.36. The number of nitrogens with one attached hydrogen (secondary N) is 1. The van der Waals surface area contributed by atoms with E-state index in [-0.39, 0.29) is 17.3 Å². The van der Waals surface area contributed by atoms with E-state index in [1.54, 1.807) is 6.07 Å². The number of piperidine rings is 1. The number of carbonyl (C=O) groups is 1. The van der Waals surface area contributed by atoms with Gasteiger partial charge < -0.3 is 15.3 Å². The monoisotopic (exact) mass is 279 g/mol. The van der Waals surface area contributed by atoms with Gasteiger partial charge in [-0.3, -0.25) is 10.1 Å². The lowest BCUT2D eigenvalue weighted by Gasteiger charge is -2.30. The van der Waals surface area contributed by atoms with E-state index in [0.717, 1.165) is 25.9 Å². The molecule has 0 amide bonds. The number of hydrogen-bond donors (Lipinski definition) is 2. The third-order valence-corrected chi connectivity index (χ3v) is 3.51. The van der Waals surface area contributed by atoms with Crippen LogP contribution in [0.25, 0.3) is 0 Å². The number of carboxylic acid groups (broad SMARTS) is 1. The van der Waals surface area contributed by atoms with E-state index in [1.165, 1.54) is 12.1 Å². The summed E-state index contributed by atoms with van der Waals surface area (Å²) in [4.78, 5) is 23.4. The van der Waals surface area contributed by atoms with Crippen LogP contribution in [-0.2, 0) is 0 Å². The first-order chi connectivity index (χ1) is 9.47. The first-order valence-corrected chi connectivity index (χ1v) is 6.44. The Labute approximate surface area is 116 Å². The molecule has 1 aliphatic heterocycles. The van der Waals surface area contributed by atoms with E-state index in [4.69, 9.17) is 5.11 Å². The zero-order chi connectivity index (χ0) is 14.7. The average molecular weight is 279 g/mol. The van der Waals surface area contributed by atoms with Crippen LogP contribution in [0.3, 0.4) is 0 Å². The fourth-order valence-corrected chi connectivity index (χ4v) is 2.34. The van der Waals surface area contributed by atoms with Crippen LogP contribution in [0, 0.1) is 10.1 Å². The number of rotatable bonds is 4. The highest BCUT2D eigenvalue weighted by Gasteiger charge is 2.22. The largest absolute Gasteiger partial charge is 0.477 e. The maximum absolute atomic E-state index is 10.9. The number of nitro groups is 1. The summed E-state index contributed by atoms with van der Waals surface area (Å²) in [5.74, 6) is -1.29. The zero-order valence-electron chi connectivity index (χ0n) is 11.2. The first-order valence-electron chi connectivity index (χ1n) is 6.44. The molecule has 7 heteroatoms. The summed E-state index contributed by atoms with van der Waals surface area (Å²) in [6.45, 7) is 1.96. The maximum atomic E-state index is 10.9. The molecule has 1 fully saturated rings. The molecule has 20 heavy (non-hydrogen) atoms. The van der Waals surface area contributed by atoms with Crippen molar-refractivity contribution in [3.05, 3.63) is 33.9 Å². The van der Waals surface area contributed by atoms with E-state index in [1.807, 2.05) is 0 Å². The van der Waals surface area contributed by atoms with Gasteiger partial charge in [0.15, 0.2) is 0 Å². The second-order valence-corrected chi connectivity index (χ2v) is 5.02. The summed E-state index contributed by atoms with van der Waals surface area (Å²) < 4.78 is 0. The maximum Gasteiger partial charge on any atom is 0.342 e. The van der Waals surface area contributed by atoms with Crippen molar-refractivity contribution in [2.24, 2.45) is 0 Å². The van der Waals surface area contributed by atoms with Gasteiger partial charge in [-0.15, -0.1) is 0 Å². The van der Waals surface area contributed by atoms with Crippen molar-refractivity contribution in [3.63, 3.8) is 0 Å². The van der Waals surface area contributed by atoms with Crippen molar-refractivity contribution in [1.82, 2.24) is 4.90 Å². The quantitative estimate of drug-likeness (QED) is 0.644. The third kappa shape index (κ3) is 3.24. The van der Waals surface area contributed by atoms with E-state index >= 15 is 0 Å². The molecule has 0 spiro atoms. The molecule has 0 unspecified atom stereocenters. The fraction of sp³-hybridized carbons (Fsp3) is 0.462. The lowest BCUT2D eigenvalue weighted by molar-refractivity contribution is -0.385. The second kappa shape index (κ2) is 5.87. The number of carboxylic acids is 1. The molecule has 108 valence electrons. The smallest absolute Gasteiger partial charge is 0.342 e. The standard InChI is InChI=1S/C13H17N3O4/c1-15-6-4-9(5-7-15)14-10-2-3-11(13(17)18)12(8-10)16(19)20/h2-3,8-9,14H,4-7H2,1H3,(H,17,18). The molecule has 1 aliphatic rings. The van der Waals surface area contributed by atoms with Crippen LogP contribution < -0.4 is 5.32 Å².